The summed E-state index contributed by atoms with van der Waals surface area (Å²) in [5, 5.41) is 10.4. The predicted molar refractivity (Wildman–Crippen MR) is 169 cm³/mol. The highest BCUT2D eigenvalue weighted by Gasteiger charge is 2.22. The van der Waals surface area contributed by atoms with E-state index in [2.05, 4.69) is 103 Å². The third-order valence-electron chi connectivity index (χ3n) is 8.37. The van der Waals surface area contributed by atoms with Crippen molar-refractivity contribution < 1.29 is 0 Å². The van der Waals surface area contributed by atoms with Crippen LogP contribution in [0.15, 0.2) is 142 Å². The van der Waals surface area contributed by atoms with E-state index in [0.717, 1.165) is 48.3 Å². The molecule has 1 aliphatic rings. The number of nitrogens with zero attached hydrogens (tertiary/aromatic N) is 1. The van der Waals surface area contributed by atoms with E-state index in [1.165, 1.54) is 32.3 Å². The molecule has 0 fully saturated rings. The Labute approximate surface area is 234 Å². The van der Waals surface area contributed by atoms with Crippen LogP contribution in [-0.4, -0.2) is 4.57 Å². The Morgan fingerprint density at radius 1 is 0.425 bits per heavy atom. The molecule has 9 rings (SSSR count). The molecule has 1 aliphatic heterocycles. The van der Waals surface area contributed by atoms with Crippen molar-refractivity contribution >= 4 is 65.8 Å². The third kappa shape index (κ3) is 2.93. The van der Waals surface area contributed by atoms with E-state index in [9.17, 15) is 4.79 Å². The van der Waals surface area contributed by atoms with Gasteiger partial charge >= 0.3 is 0 Å². The van der Waals surface area contributed by atoms with Gasteiger partial charge in [-0.15, -0.1) is 0 Å². The molecule has 1 aromatic heterocycles. The zero-order valence-electron chi connectivity index (χ0n) is 21.4. The number of benzene rings is 7. The lowest BCUT2D eigenvalue weighted by molar-refractivity contribution is 1.00. The molecule has 3 heteroatoms. The number of aromatic nitrogens is 1. The first-order valence-electron chi connectivity index (χ1n) is 13.5. The minimum Gasteiger partial charge on any atom is -0.274 e. The summed E-state index contributed by atoms with van der Waals surface area (Å²) in [4.78, 5) is 16.2. The molecule has 2 nitrogen and oxygen atoms in total. The first kappa shape index (κ1) is 22.0. The number of rotatable bonds is 1. The fourth-order valence-corrected chi connectivity index (χ4v) is 7.66. The number of hydrogen-bond acceptors (Lipinski definition) is 2. The van der Waals surface area contributed by atoms with E-state index in [-0.39, 0.29) is 5.56 Å². The van der Waals surface area contributed by atoms with Gasteiger partial charge in [-0.25, -0.2) is 0 Å². The second kappa shape index (κ2) is 8.08. The molecular weight excluding hydrogens is 506 g/mol. The lowest BCUT2D eigenvalue weighted by Crippen LogP contribution is -2.21. The van der Waals surface area contributed by atoms with Gasteiger partial charge in [0.2, 0.25) is 0 Å². The fourth-order valence-electron chi connectivity index (χ4n) is 6.57. The van der Waals surface area contributed by atoms with Crippen LogP contribution in [0.2, 0.25) is 0 Å². The average molecular weight is 528 g/mol. The molecular formula is C37H21NOS. The molecule has 8 aromatic rings. The Balaban J connectivity index is 1.34. The normalized spacial score (nSPS) is 12.5. The van der Waals surface area contributed by atoms with Gasteiger partial charge in [0.05, 0.1) is 11.2 Å². The van der Waals surface area contributed by atoms with Gasteiger partial charge in [0, 0.05) is 20.6 Å². The summed E-state index contributed by atoms with van der Waals surface area (Å²) in [5.41, 5.74) is 4.25. The zero-order chi connectivity index (χ0) is 26.4. The van der Waals surface area contributed by atoms with Crippen LogP contribution >= 0.6 is 11.8 Å². The van der Waals surface area contributed by atoms with Gasteiger partial charge < -0.3 is 0 Å². The smallest absolute Gasteiger partial charge is 0.263 e. The largest absolute Gasteiger partial charge is 0.274 e. The molecule has 0 radical (unpaired) electrons. The topological polar surface area (TPSA) is 22.0 Å². The van der Waals surface area contributed by atoms with Crippen LogP contribution in [0.25, 0.3) is 70.8 Å². The van der Waals surface area contributed by atoms with Crippen molar-refractivity contribution in [3.05, 3.63) is 138 Å². The minimum atomic E-state index is 0.0326. The van der Waals surface area contributed by atoms with Crippen LogP contribution < -0.4 is 5.56 Å². The number of pyridine rings is 1. The highest BCUT2D eigenvalue weighted by molar-refractivity contribution is 7.99. The quantitative estimate of drug-likeness (QED) is 0.198. The van der Waals surface area contributed by atoms with Crippen molar-refractivity contribution in [2.45, 2.75) is 9.79 Å². The predicted octanol–water partition coefficient (Wildman–Crippen LogP) is 9.74. The maximum Gasteiger partial charge on any atom is 0.263 e. The van der Waals surface area contributed by atoms with E-state index in [1.54, 1.807) is 11.8 Å². The Hall–Kier alpha value is -4.86. The molecule has 0 saturated heterocycles. The zero-order valence-corrected chi connectivity index (χ0v) is 22.2. The fraction of sp³-hybridized carbons (Fsp3) is 0. The van der Waals surface area contributed by atoms with Crippen LogP contribution in [0, 0.1) is 0 Å². The summed E-state index contributed by atoms with van der Waals surface area (Å²) in [7, 11) is 0. The van der Waals surface area contributed by atoms with Crippen molar-refractivity contribution in [2.75, 3.05) is 0 Å². The lowest BCUT2D eigenvalue weighted by Gasteiger charge is -2.23. The van der Waals surface area contributed by atoms with Gasteiger partial charge in [-0.2, -0.15) is 0 Å². The van der Waals surface area contributed by atoms with Crippen LogP contribution in [0.4, 0.5) is 0 Å². The molecule has 186 valence electrons. The Bertz CT molecular complexity index is 2400. The van der Waals surface area contributed by atoms with Gasteiger partial charge in [-0.3, -0.25) is 9.36 Å². The van der Waals surface area contributed by atoms with E-state index in [4.69, 9.17) is 0 Å². The SMILES string of the molecule is O=c1c2ccc(-c3ccc4c5ccccc5c5ccccc5c4c3)cc2c2cccc3c2n1-c1ccccc1S3. The van der Waals surface area contributed by atoms with Crippen molar-refractivity contribution in [2.24, 2.45) is 0 Å². The molecule has 40 heavy (non-hydrogen) atoms. The van der Waals surface area contributed by atoms with Crippen molar-refractivity contribution in [3.63, 3.8) is 0 Å². The van der Waals surface area contributed by atoms with Crippen LogP contribution in [0.3, 0.4) is 0 Å². The Morgan fingerprint density at radius 2 is 0.925 bits per heavy atom. The van der Waals surface area contributed by atoms with Gasteiger partial charge in [0.1, 0.15) is 0 Å². The van der Waals surface area contributed by atoms with E-state index < -0.39 is 0 Å². The molecule has 2 heterocycles. The standard InChI is InChI=1S/C37H21NOS/c39-37-30-19-17-23(21-32(30)29-12-7-15-35-36(29)38(37)33-13-5-6-14-34(33)40-35)22-16-18-28-26-10-2-1-8-24(26)25-9-3-4-11-27(25)31(28)20-22/h1-21H. The summed E-state index contributed by atoms with van der Waals surface area (Å²) in [6, 6.07) is 45.0. The number of fused-ring (bicyclic) bond motifs is 10. The van der Waals surface area contributed by atoms with Crippen molar-refractivity contribution in [3.8, 4) is 16.8 Å². The van der Waals surface area contributed by atoms with E-state index in [1.807, 2.05) is 28.8 Å². The van der Waals surface area contributed by atoms with Crippen LogP contribution in [-0.2, 0) is 0 Å². The lowest BCUT2D eigenvalue weighted by atomic mass is 9.91. The third-order valence-corrected chi connectivity index (χ3v) is 9.48. The van der Waals surface area contributed by atoms with Gasteiger partial charge in [-0.1, -0.05) is 103 Å². The highest BCUT2D eigenvalue weighted by atomic mass is 32.2. The van der Waals surface area contributed by atoms with Gasteiger partial charge in [0.25, 0.3) is 5.56 Å². The maximum atomic E-state index is 14.0. The number of para-hydroxylation sites is 2. The maximum absolute atomic E-state index is 14.0. The summed E-state index contributed by atoms with van der Waals surface area (Å²) in [6.45, 7) is 0. The Kier molecular flexibility index (Phi) is 4.44. The summed E-state index contributed by atoms with van der Waals surface area (Å²) in [6.07, 6.45) is 0. The summed E-state index contributed by atoms with van der Waals surface area (Å²) in [5.74, 6) is 0. The first-order chi connectivity index (χ1) is 19.8. The van der Waals surface area contributed by atoms with Gasteiger partial charge in [-0.05, 0) is 85.2 Å². The second-order valence-corrected chi connectivity index (χ2v) is 11.6. The first-order valence-corrected chi connectivity index (χ1v) is 14.3. The van der Waals surface area contributed by atoms with Crippen molar-refractivity contribution in [1.82, 2.24) is 4.57 Å². The molecule has 0 N–H and O–H groups in total. The molecule has 0 atom stereocenters. The molecule has 0 saturated carbocycles. The molecule has 7 aromatic carbocycles. The molecule has 0 spiro atoms. The van der Waals surface area contributed by atoms with Crippen LogP contribution in [0.5, 0.6) is 0 Å². The second-order valence-electron chi connectivity index (χ2n) is 10.5. The average Bonchev–Trinajstić information content (AvgIpc) is 3.02. The van der Waals surface area contributed by atoms with Gasteiger partial charge in [0.15, 0.2) is 0 Å². The molecule has 0 aliphatic carbocycles. The van der Waals surface area contributed by atoms with Crippen molar-refractivity contribution in [1.29, 1.82) is 0 Å². The summed E-state index contributed by atoms with van der Waals surface area (Å²) >= 11 is 1.74. The highest BCUT2D eigenvalue weighted by Crippen LogP contribution is 2.43. The summed E-state index contributed by atoms with van der Waals surface area (Å²) < 4.78 is 1.91. The Morgan fingerprint density at radius 3 is 1.62 bits per heavy atom. The van der Waals surface area contributed by atoms with E-state index >= 15 is 0 Å². The monoisotopic (exact) mass is 527 g/mol. The molecule has 0 unspecified atom stereocenters. The minimum absolute atomic E-state index is 0.0326. The number of hydrogen-bond donors (Lipinski definition) is 0. The molecule has 0 bridgehead atoms. The van der Waals surface area contributed by atoms with E-state index in [0.29, 0.717) is 0 Å². The van der Waals surface area contributed by atoms with Crippen LogP contribution in [0.1, 0.15) is 0 Å². The molecule has 0 amide bonds.